The van der Waals surface area contributed by atoms with Crippen LogP contribution in [0.5, 0.6) is 0 Å². The molecule has 2 fully saturated rings. The minimum absolute atomic E-state index is 0.0654. The van der Waals surface area contributed by atoms with Crippen molar-refractivity contribution in [3.8, 4) is 0 Å². The van der Waals surface area contributed by atoms with Gasteiger partial charge in [-0.2, -0.15) is 0 Å². The van der Waals surface area contributed by atoms with Gasteiger partial charge < -0.3 is 23.8 Å². The Morgan fingerprint density at radius 2 is 0.824 bits per heavy atom. The van der Waals surface area contributed by atoms with Crippen molar-refractivity contribution in [3.05, 3.63) is 0 Å². The number of rotatable bonds is 35. The fraction of sp³-hybridized carbons (Fsp3) is 0.930. The Balaban J connectivity index is 2.12. The van der Waals surface area contributed by atoms with Crippen LogP contribution in [0.2, 0.25) is 0 Å². The summed E-state index contributed by atoms with van der Waals surface area (Å²) < 4.78 is 23.8. The molecule has 2 atom stereocenters. The summed E-state index contributed by atoms with van der Waals surface area (Å²) in [4.78, 5) is 60.0. The summed E-state index contributed by atoms with van der Waals surface area (Å²) in [6.07, 6.45) is 30.8. The predicted octanol–water partition coefficient (Wildman–Crippen LogP) is 14.9. The summed E-state index contributed by atoms with van der Waals surface area (Å²) in [6.45, 7) is 25.0. The molecule has 68 heavy (non-hydrogen) atoms. The molecule has 0 aliphatic carbocycles. The Bertz CT molecular complexity index is 1270. The summed E-state index contributed by atoms with van der Waals surface area (Å²) >= 11 is 0. The first-order valence-electron chi connectivity index (χ1n) is 28.5. The van der Waals surface area contributed by atoms with Gasteiger partial charge in [-0.25, -0.2) is 14.5 Å². The van der Waals surface area contributed by atoms with Crippen LogP contribution in [-0.4, -0.2) is 109 Å². The number of unbranched alkanes of at least 4 members (excludes halogenated alkanes) is 16. The fourth-order valence-electron chi connectivity index (χ4n) is 10.0. The molecule has 2 amide bonds. The Kier molecular flexibility index (Phi) is 31.6. The minimum atomic E-state index is -0.726. The lowest BCUT2D eigenvalue weighted by atomic mass is 9.71. The van der Waals surface area contributed by atoms with Crippen LogP contribution in [0.25, 0.3) is 0 Å². The summed E-state index contributed by atoms with van der Waals surface area (Å²) in [5, 5.41) is 0. The van der Waals surface area contributed by atoms with E-state index in [1.54, 1.807) is 41.5 Å². The molecule has 2 heterocycles. The molecule has 0 aromatic carbocycles. The van der Waals surface area contributed by atoms with Gasteiger partial charge in [-0.3, -0.25) is 14.5 Å². The van der Waals surface area contributed by atoms with Crippen LogP contribution in [-0.2, 0) is 28.5 Å². The molecule has 0 saturated carbocycles. The topological polar surface area (TPSA) is 115 Å². The van der Waals surface area contributed by atoms with Crippen molar-refractivity contribution in [1.29, 1.82) is 0 Å². The maximum absolute atomic E-state index is 14.0. The fourth-order valence-corrected chi connectivity index (χ4v) is 10.0. The normalized spacial score (nSPS) is 17.1. The van der Waals surface area contributed by atoms with Gasteiger partial charge in [0.1, 0.15) is 24.4 Å². The van der Waals surface area contributed by atoms with E-state index in [9.17, 15) is 19.2 Å². The summed E-state index contributed by atoms with van der Waals surface area (Å²) in [5.41, 5.74) is -1.21. The standard InChI is InChI=1S/C57H107N3O8/c1-11-15-19-23-25-29-34-48(32-27-21-17-13-3)51(61)65-46-50(47-66-52(62)49(33-28-22-18-14-4)35-30-26-24-20-16-12-2)59-44-38-57(39-45-59)36-42-58(43-37-57)40-31-41-60(53(63)67-55(5,6)7)54(64)68-56(8,9)10/h48-50H,11-47H2,1-10H3. The average Bonchev–Trinajstić information content (AvgIpc) is 3.28. The molecule has 2 unspecified atom stereocenters. The van der Waals surface area contributed by atoms with E-state index in [-0.39, 0.29) is 55.0 Å². The number of carbonyl (C=O) groups is 4. The first kappa shape index (κ1) is 61.7. The van der Waals surface area contributed by atoms with Crippen LogP contribution in [0.4, 0.5) is 9.59 Å². The molecule has 0 aromatic rings. The molecule has 398 valence electrons. The van der Waals surface area contributed by atoms with Crippen molar-refractivity contribution < 1.29 is 38.1 Å². The van der Waals surface area contributed by atoms with Gasteiger partial charge in [0.05, 0.1) is 17.9 Å². The smallest absolute Gasteiger partial charge is 0.419 e. The van der Waals surface area contributed by atoms with Gasteiger partial charge in [0.2, 0.25) is 0 Å². The zero-order valence-corrected chi connectivity index (χ0v) is 46.0. The maximum Gasteiger partial charge on any atom is 0.419 e. The Hall–Kier alpha value is -2.40. The number of nitrogens with zero attached hydrogens (tertiary/aromatic N) is 3. The van der Waals surface area contributed by atoms with Gasteiger partial charge in [0, 0.05) is 6.54 Å². The Labute approximate surface area is 418 Å². The third kappa shape index (κ3) is 27.3. The van der Waals surface area contributed by atoms with Crippen LogP contribution >= 0.6 is 0 Å². The molecule has 2 rings (SSSR count). The van der Waals surface area contributed by atoms with Gasteiger partial charge in [-0.1, -0.05) is 156 Å². The lowest BCUT2D eigenvalue weighted by Gasteiger charge is -2.48. The maximum atomic E-state index is 14.0. The number of carbonyl (C=O) groups excluding carboxylic acids is 4. The van der Waals surface area contributed by atoms with Crippen LogP contribution in [0.1, 0.15) is 255 Å². The number of hydrogen-bond acceptors (Lipinski definition) is 10. The minimum Gasteiger partial charge on any atom is -0.464 e. The lowest BCUT2D eigenvalue weighted by Crippen LogP contribution is -2.52. The number of hydrogen-bond donors (Lipinski definition) is 0. The molecule has 11 heteroatoms. The summed E-state index contributed by atoms with van der Waals surface area (Å²) in [5.74, 6) is -0.272. The van der Waals surface area contributed by atoms with E-state index >= 15 is 0 Å². The monoisotopic (exact) mass is 962 g/mol. The van der Waals surface area contributed by atoms with E-state index in [1.807, 2.05) is 0 Å². The second-order valence-electron chi connectivity index (χ2n) is 23.0. The van der Waals surface area contributed by atoms with Gasteiger partial charge in [-0.15, -0.1) is 0 Å². The molecule has 2 aliphatic rings. The van der Waals surface area contributed by atoms with Gasteiger partial charge in [-0.05, 0) is 137 Å². The Morgan fingerprint density at radius 1 is 0.485 bits per heavy atom. The second-order valence-corrected chi connectivity index (χ2v) is 23.0. The molecular formula is C57H107N3O8. The molecule has 0 N–H and O–H groups in total. The largest absolute Gasteiger partial charge is 0.464 e. The number of amides is 2. The molecule has 0 radical (unpaired) electrons. The lowest BCUT2D eigenvalue weighted by molar-refractivity contribution is -0.156. The SMILES string of the molecule is CCCCCCCCC(CCCCCC)C(=O)OCC(COC(=O)C(CCCCCC)CCCCCCCC)N1CCC2(CCN(CCCN(C(=O)OC(C)(C)C)C(=O)OC(C)(C)C)CC2)CC1. The van der Waals surface area contributed by atoms with E-state index in [0.29, 0.717) is 6.42 Å². The first-order chi connectivity index (χ1) is 32.5. The number of ether oxygens (including phenoxy) is 4. The Morgan fingerprint density at radius 3 is 1.19 bits per heavy atom. The van der Waals surface area contributed by atoms with E-state index in [1.165, 1.54) is 89.9 Å². The number of imide groups is 1. The van der Waals surface area contributed by atoms with Crippen molar-refractivity contribution >= 4 is 24.1 Å². The van der Waals surface area contributed by atoms with Crippen LogP contribution in [0.15, 0.2) is 0 Å². The van der Waals surface area contributed by atoms with E-state index in [0.717, 1.165) is 128 Å². The van der Waals surface area contributed by atoms with Crippen molar-refractivity contribution in [1.82, 2.24) is 14.7 Å². The third-order valence-corrected chi connectivity index (χ3v) is 14.5. The third-order valence-electron chi connectivity index (χ3n) is 14.5. The highest BCUT2D eigenvalue weighted by Gasteiger charge is 2.40. The molecule has 2 aliphatic heterocycles. The van der Waals surface area contributed by atoms with Crippen molar-refractivity contribution in [3.63, 3.8) is 0 Å². The quantitative estimate of drug-likeness (QED) is 0.0345. The van der Waals surface area contributed by atoms with Crippen LogP contribution < -0.4 is 0 Å². The molecule has 1 spiro atoms. The van der Waals surface area contributed by atoms with Crippen LogP contribution in [0, 0.1) is 17.3 Å². The van der Waals surface area contributed by atoms with Gasteiger partial charge >= 0.3 is 24.1 Å². The van der Waals surface area contributed by atoms with Gasteiger partial charge in [0.15, 0.2) is 0 Å². The van der Waals surface area contributed by atoms with E-state index in [4.69, 9.17) is 18.9 Å². The van der Waals surface area contributed by atoms with Crippen molar-refractivity contribution in [2.45, 2.75) is 273 Å². The number of piperidine rings is 2. The predicted molar refractivity (Wildman–Crippen MR) is 279 cm³/mol. The van der Waals surface area contributed by atoms with E-state index < -0.39 is 23.4 Å². The highest BCUT2D eigenvalue weighted by molar-refractivity contribution is 5.88. The van der Waals surface area contributed by atoms with Crippen molar-refractivity contribution in [2.75, 3.05) is 52.5 Å². The van der Waals surface area contributed by atoms with Crippen LogP contribution in [0.3, 0.4) is 0 Å². The second kappa shape index (κ2) is 34.8. The molecule has 2 saturated heterocycles. The molecule has 0 aromatic heterocycles. The molecular weight excluding hydrogens is 855 g/mol. The number of likely N-dealkylation sites (tertiary alicyclic amines) is 2. The molecule has 11 nitrogen and oxygen atoms in total. The highest BCUT2D eigenvalue weighted by Crippen LogP contribution is 2.42. The number of esters is 2. The summed E-state index contributed by atoms with van der Waals surface area (Å²) in [7, 11) is 0. The molecule has 0 bridgehead atoms. The van der Waals surface area contributed by atoms with E-state index in [2.05, 4.69) is 37.5 Å². The first-order valence-corrected chi connectivity index (χ1v) is 28.5. The van der Waals surface area contributed by atoms with Crippen molar-refractivity contribution in [2.24, 2.45) is 17.3 Å². The van der Waals surface area contributed by atoms with Gasteiger partial charge in [0.25, 0.3) is 0 Å². The zero-order valence-electron chi connectivity index (χ0n) is 46.0. The highest BCUT2D eigenvalue weighted by atomic mass is 16.6. The summed E-state index contributed by atoms with van der Waals surface area (Å²) in [6, 6.07) is -0.164. The average molecular weight is 962 g/mol. The zero-order chi connectivity index (χ0) is 50.3.